The summed E-state index contributed by atoms with van der Waals surface area (Å²) in [5.41, 5.74) is 20.4. The van der Waals surface area contributed by atoms with Gasteiger partial charge in [-0.3, -0.25) is 0 Å². The average Bonchev–Trinajstić information content (AvgIpc) is 3.62. The van der Waals surface area contributed by atoms with E-state index in [0.717, 1.165) is 17.1 Å². The summed E-state index contributed by atoms with van der Waals surface area (Å²) in [4.78, 5) is 2.51. The standard InChI is InChI=1S/C65H47N/c1-65(2)60-33-17-15-30-56(60)57-41-38-48(43-61(57)65)52-27-16-18-34-62(52)66(49-39-36-46(37-40-49)59-42-47-24-9-10-26-51(47)54-28-12-13-29-55(54)59)63-35-19-32-53(45-22-7-4-8-23-45)64(63)58-31-14-11-25-50(58)44-20-5-3-6-21-44/h3-43H,1-2H3. The molecule has 0 heterocycles. The number of hydrogen-bond donors (Lipinski definition) is 0. The van der Waals surface area contributed by atoms with Crippen molar-refractivity contribution in [1.29, 1.82) is 0 Å². The van der Waals surface area contributed by atoms with E-state index in [1.165, 1.54) is 99.4 Å². The van der Waals surface area contributed by atoms with Crippen LogP contribution in [0.25, 0.3) is 88.3 Å². The van der Waals surface area contributed by atoms with Crippen molar-refractivity contribution in [3.8, 4) is 66.8 Å². The predicted molar refractivity (Wildman–Crippen MR) is 281 cm³/mol. The van der Waals surface area contributed by atoms with E-state index in [2.05, 4.69) is 267 Å². The molecule has 0 unspecified atom stereocenters. The molecular formula is C65H47N. The molecular weight excluding hydrogens is 795 g/mol. The SMILES string of the molecule is CC1(C)c2ccccc2-c2ccc(-c3ccccc3N(c3ccc(-c4cc5ccccc5c5ccccc45)cc3)c3cccc(-c4ccccc4)c3-c3ccccc3-c3ccccc3)cc21. The molecule has 312 valence electrons. The van der Waals surface area contributed by atoms with Crippen LogP contribution >= 0.6 is 0 Å². The van der Waals surface area contributed by atoms with Crippen molar-refractivity contribution in [2.75, 3.05) is 4.90 Å². The van der Waals surface area contributed by atoms with Crippen molar-refractivity contribution in [3.05, 3.63) is 260 Å². The Kier molecular flexibility index (Phi) is 9.58. The van der Waals surface area contributed by atoms with E-state index < -0.39 is 0 Å². The lowest BCUT2D eigenvalue weighted by atomic mass is 9.81. The molecule has 0 saturated carbocycles. The highest BCUT2D eigenvalue weighted by Gasteiger charge is 2.35. The summed E-state index contributed by atoms with van der Waals surface area (Å²) in [7, 11) is 0. The first kappa shape index (κ1) is 39.3. The lowest BCUT2D eigenvalue weighted by molar-refractivity contribution is 0.660. The average molecular weight is 842 g/mol. The molecule has 0 amide bonds. The molecule has 1 aliphatic rings. The second-order valence-corrected chi connectivity index (χ2v) is 18.0. The van der Waals surface area contributed by atoms with Crippen LogP contribution in [0.2, 0.25) is 0 Å². The van der Waals surface area contributed by atoms with Crippen LogP contribution in [-0.2, 0) is 5.41 Å². The Labute approximate surface area is 387 Å². The molecule has 1 aliphatic carbocycles. The number of hydrogen-bond acceptors (Lipinski definition) is 1. The first-order valence-corrected chi connectivity index (χ1v) is 23.0. The van der Waals surface area contributed by atoms with Gasteiger partial charge in [0.15, 0.2) is 0 Å². The molecule has 0 aliphatic heterocycles. The fourth-order valence-corrected chi connectivity index (χ4v) is 10.7. The molecule has 0 radical (unpaired) electrons. The first-order chi connectivity index (χ1) is 32.5. The van der Waals surface area contributed by atoms with E-state index in [1.54, 1.807) is 0 Å². The molecule has 0 spiro atoms. The summed E-state index contributed by atoms with van der Waals surface area (Å²) < 4.78 is 0. The Bertz CT molecular complexity index is 3600. The topological polar surface area (TPSA) is 3.24 Å². The molecule has 0 aromatic heterocycles. The lowest BCUT2D eigenvalue weighted by Crippen LogP contribution is -2.15. The molecule has 0 fully saturated rings. The first-order valence-electron chi connectivity index (χ1n) is 23.0. The minimum Gasteiger partial charge on any atom is -0.309 e. The van der Waals surface area contributed by atoms with Crippen molar-refractivity contribution in [3.63, 3.8) is 0 Å². The monoisotopic (exact) mass is 841 g/mol. The Hall–Kier alpha value is -8.26. The number of benzene rings is 11. The second kappa shape index (κ2) is 16.1. The van der Waals surface area contributed by atoms with Gasteiger partial charge in [0.05, 0.1) is 11.4 Å². The molecule has 0 bridgehead atoms. The van der Waals surface area contributed by atoms with Crippen LogP contribution in [0.4, 0.5) is 17.1 Å². The van der Waals surface area contributed by atoms with Crippen LogP contribution in [-0.4, -0.2) is 0 Å². The second-order valence-electron chi connectivity index (χ2n) is 18.0. The van der Waals surface area contributed by atoms with E-state index in [-0.39, 0.29) is 5.41 Å². The zero-order valence-corrected chi connectivity index (χ0v) is 37.1. The largest absolute Gasteiger partial charge is 0.309 e. The van der Waals surface area contributed by atoms with Crippen LogP contribution in [0.1, 0.15) is 25.0 Å². The van der Waals surface area contributed by atoms with Gasteiger partial charge >= 0.3 is 0 Å². The highest BCUT2D eigenvalue weighted by Crippen LogP contribution is 2.53. The molecule has 0 saturated heterocycles. The number of nitrogens with zero attached hydrogens (tertiary/aromatic N) is 1. The van der Waals surface area contributed by atoms with Gasteiger partial charge in [-0.25, -0.2) is 0 Å². The fraction of sp³-hybridized carbons (Fsp3) is 0.0462. The molecule has 66 heavy (non-hydrogen) atoms. The van der Waals surface area contributed by atoms with Gasteiger partial charge in [0.25, 0.3) is 0 Å². The summed E-state index contributed by atoms with van der Waals surface area (Å²) in [6.07, 6.45) is 0. The van der Waals surface area contributed by atoms with Crippen LogP contribution < -0.4 is 4.90 Å². The van der Waals surface area contributed by atoms with E-state index in [0.29, 0.717) is 0 Å². The number of anilines is 3. The minimum absolute atomic E-state index is 0.127. The van der Waals surface area contributed by atoms with Crippen molar-refractivity contribution in [1.82, 2.24) is 0 Å². The molecule has 11 aromatic carbocycles. The van der Waals surface area contributed by atoms with E-state index in [9.17, 15) is 0 Å². The normalized spacial score (nSPS) is 12.5. The maximum atomic E-state index is 2.51. The Balaban J connectivity index is 1.11. The highest BCUT2D eigenvalue weighted by atomic mass is 15.1. The van der Waals surface area contributed by atoms with Crippen molar-refractivity contribution in [2.24, 2.45) is 0 Å². The summed E-state index contributed by atoms with van der Waals surface area (Å²) in [5, 5.41) is 5.04. The molecule has 11 aromatic rings. The van der Waals surface area contributed by atoms with Crippen LogP contribution in [0, 0.1) is 0 Å². The number of fused-ring (bicyclic) bond motifs is 6. The summed E-state index contributed by atoms with van der Waals surface area (Å²) in [6.45, 7) is 4.73. The number of rotatable bonds is 8. The van der Waals surface area contributed by atoms with Crippen molar-refractivity contribution >= 4 is 38.6 Å². The smallest absolute Gasteiger partial charge is 0.0546 e. The van der Waals surface area contributed by atoms with E-state index in [4.69, 9.17) is 0 Å². The van der Waals surface area contributed by atoms with Gasteiger partial charge in [-0.1, -0.05) is 226 Å². The molecule has 0 atom stereocenters. The number of para-hydroxylation sites is 1. The maximum Gasteiger partial charge on any atom is 0.0546 e. The summed E-state index contributed by atoms with van der Waals surface area (Å²) >= 11 is 0. The Morgan fingerprint density at radius 3 is 1.56 bits per heavy atom. The Morgan fingerprint density at radius 2 is 0.803 bits per heavy atom. The zero-order chi connectivity index (χ0) is 44.2. The van der Waals surface area contributed by atoms with Crippen LogP contribution in [0.5, 0.6) is 0 Å². The molecule has 0 N–H and O–H groups in total. The van der Waals surface area contributed by atoms with Gasteiger partial charge in [-0.2, -0.15) is 0 Å². The Morgan fingerprint density at radius 1 is 0.288 bits per heavy atom. The van der Waals surface area contributed by atoms with Crippen molar-refractivity contribution < 1.29 is 0 Å². The van der Waals surface area contributed by atoms with Gasteiger partial charge in [-0.15, -0.1) is 0 Å². The van der Waals surface area contributed by atoms with Gasteiger partial charge < -0.3 is 4.90 Å². The molecule has 1 nitrogen and oxygen atoms in total. The van der Waals surface area contributed by atoms with Crippen LogP contribution in [0.15, 0.2) is 249 Å². The summed E-state index contributed by atoms with van der Waals surface area (Å²) in [5.74, 6) is 0. The van der Waals surface area contributed by atoms with E-state index >= 15 is 0 Å². The van der Waals surface area contributed by atoms with Crippen LogP contribution in [0.3, 0.4) is 0 Å². The third kappa shape index (κ3) is 6.55. The third-order valence-electron chi connectivity index (χ3n) is 13.9. The zero-order valence-electron chi connectivity index (χ0n) is 37.1. The predicted octanol–water partition coefficient (Wildman–Crippen LogP) is 18.1. The van der Waals surface area contributed by atoms with E-state index in [1.807, 2.05) is 0 Å². The summed E-state index contributed by atoms with van der Waals surface area (Å²) in [6, 6.07) is 91.6. The third-order valence-corrected chi connectivity index (χ3v) is 13.9. The van der Waals surface area contributed by atoms with Gasteiger partial charge in [-0.05, 0) is 125 Å². The lowest BCUT2D eigenvalue weighted by Gasteiger charge is -2.32. The van der Waals surface area contributed by atoms with Gasteiger partial charge in [0.2, 0.25) is 0 Å². The minimum atomic E-state index is -0.127. The maximum absolute atomic E-state index is 2.51. The highest BCUT2D eigenvalue weighted by molar-refractivity contribution is 6.14. The molecule has 12 rings (SSSR count). The van der Waals surface area contributed by atoms with Gasteiger partial charge in [0, 0.05) is 22.2 Å². The molecule has 1 heteroatoms. The quantitative estimate of drug-likeness (QED) is 0.138. The van der Waals surface area contributed by atoms with Gasteiger partial charge in [0.1, 0.15) is 0 Å². The fourth-order valence-electron chi connectivity index (χ4n) is 10.7. The van der Waals surface area contributed by atoms with Crippen molar-refractivity contribution in [2.45, 2.75) is 19.3 Å².